The Hall–Kier alpha value is -2.78. The van der Waals surface area contributed by atoms with Gasteiger partial charge < -0.3 is 5.73 Å². The highest BCUT2D eigenvalue weighted by atomic mass is 16.8. The second-order valence-electron chi connectivity index (χ2n) is 3.32. The van der Waals surface area contributed by atoms with Crippen LogP contribution in [-0.4, -0.2) is 26.9 Å². The number of hydrogen-bond donors (Lipinski definition) is 3. The summed E-state index contributed by atoms with van der Waals surface area (Å²) in [6.07, 6.45) is 6.74. The van der Waals surface area contributed by atoms with E-state index in [0.29, 0.717) is 6.42 Å². The van der Waals surface area contributed by atoms with E-state index in [2.05, 4.69) is 0 Å². The maximum absolute atomic E-state index is 10.5. The van der Waals surface area contributed by atoms with Crippen molar-refractivity contribution in [1.29, 1.82) is 10.8 Å². The maximum Gasteiger partial charge on any atom is 0.254 e. The Kier molecular flexibility index (Phi) is 6.43. The van der Waals surface area contributed by atoms with Crippen LogP contribution in [0, 0.1) is 37.0 Å². The normalized spacial score (nSPS) is 12.5. The van der Waals surface area contributed by atoms with Gasteiger partial charge in [0.15, 0.2) is 0 Å². The summed E-state index contributed by atoms with van der Waals surface area (Å²) in [7, 11) is 0. The Bertz CT molecular complexity index is 430. The number of rotatable bonds is 7. The summed E-state index contributed by atoms with van der Waals surface area (Å²) in [4.78, 5) is 21.0. The third kappa shape index (κ3) is 4.93. The summed E-state index contributed by atoms with van der Waals surface area (Å²) in [5.41, 5.74) is 5.19. The third-order valence-electron chi connectivity index (χ3n) is 1.99. The van der Waals surface area contributed by atoms with Crippen LogP contribution >= 0.6 is 0 Å². The van der Waals surface area contributed by atoms with Crippen LogP contribution in [0.1, 0.15) is 13.3 Å². The molecule has 0 aliphatic heterocycles. The molecule has 0 bridgehead atoms. The highest BCUT2D eigenvalue weighted by molar-refractivity contribution is 6.03. The van der Waals surface area contributed by atoms with Crippen LogP contribution in [0.15, 0.2) is 24.3 Å². The van der Waals surface area contributed by atoms with Gasteiger partial charge in [0.25, 0.3) is 5.84 Å². The number of nitrogens with one attached hydrogen (secondary N) is 2. The Morgan fingerprint density at radius 3 is 2.21 bits per heavy atom. The fourth-order valence-electron chi connectivity index (χ4n) is 1.13. The first-order chi connectivity index (χ1) is 8.82. The molecule has 10 heteroatoms. The summed E-state index contributed by atoms with van der Waals surface area (Å²) in [5, 5.41) is 32.4. The van der Waals surface area contributed by atoms with E-state index < -0.39 is 32.8 Å². The molecule has 0 aliphatic carbocycles. The predicted octanol–water partition coefficient (Wildman–Crippen LogP) is 0.724. The standard InChI is InChI=1S/C9H14N6O4/c1-2-3-4-5-6-7(8(10)11)9(12)13(14(16)17)15(18)19/h2-3,5-7,12H,4H2,1H3,(H3,10,11)/b3-2+,6-5+,12-9?. The topological polar surface area (TPSA) is 163 Å². The van der Waals surface area contributed by atoms with Crippen molar-refractivity contribution in [2.24, 2.45) is 11.7 Å². The minimum Gasteiger partial charge on any atom is -0.387 e. The van der Waals surface area contributed by atoms with Gasteiger partial charge in [-0.2, -0.15) is 0 Å². The fraction of sp³-hybridized carbons (Fsp3) is 0.333. The monoisotopic (exact) mass is 270 g/mol. The van der Waals surface area contributed by atoms with Gasteiger partial charge in [-0.25, -0.2) is 20.2 Å². The molecule has 0 spiro atoms. The van der Waals surface area contributed by atoms with Crippen molar-refractivity contribution in [1.82, 2.24) is 5.12 Å². The smallest absolute Gasteiger partial charge is 0.254 e. The van der Waals surface area contributed by atoms with Gasteiger partial charge in [0.1, 0.15) is 11.8 Å². The molecule has 0 heterocycles. The van der Waals surface area contributed by atoms with Crippen molar-refractivity contribution in [3.05, 3.63) is 44.5 Å². The van der Waals surface area contributed by atoms with E-state index in [9.17, 15) is 20.2 Å². The van der Waals surface area contributed by atoms with E-state index in [1.807, 2.05) is 0 Å². The highest BCUT2D eigenvalue weighted by Gasteiger charge is 2.38. The second-order valence-corrected chi connectivity index (χ2v) is 3.32. The van der Waals surface area contributed by atoms with E-state index in [1.165, 1.54) is 12.2 Å². The molecule has 0 aromatic carbocycles. The van der Waals surface area contributed by atoms with Gasteiger partial charge in [0.2, 0.25) is 15.2 Å². The third-order valence-corrected chi connectivity index (χ3v) is 1.99. The lowest BCUT2D eigenvalue weighted by Gasteiger charge is -2.11. The van der Waals surface area contributed by atoms with Crippen LogP contribution in [0.5, 0.6) is 0 Å². The summed E-state index contributed by atoms with van der Waals surface area (Å²) in [6, 6.07) is 0. The molecule has 0 aliphatic rings. The van der Waals surface area contributed by atoms with Gasteiger partial charge >= 0.3 is 0 Å². The Labute approximate surface area is 108 Å². The number of nitrogens with two attached hydrogens (primary N) is 1. The van der Waals surface area contributed by atoms with Crippen molar-refractivity contribution in [2.75, 3.05) is 0 Å². The lowest BCUT2D eigenvalue weighted by molar-refractivity contribution is -0.881. The van der Waals surface area contributed by atoms with E-state index in [0.717, 1.165) is 0 Å². The number of nitrogens with zero attached hydrogens (tertiary/aromatic N) is 3. The Morgan fingerprint density at radius 2 is 1.84 bits per heavy atom. The average Bonchev–Trinajstić information content (AvgIpc) is 2.27. The molecule has 0 saturated carbocycles. The molecule has 1 atom stereocenters. The van der Waals surface area contributed by atoms with Crippen molar-refractivity contribution in [2.45, 2.75) is 13.3 Å². The zero-order valence-electron chi connectivity index (χ0n) is 10.1. The van der Waals surface area contributed by atoms with Gasteiger partial charge in [0, 0.05) is 0 Å². The molecule has 10 nitrogen and oxygen atoms in total. The van der Waals surface area contributed by atoms with Gasteiger partial charge in [-0.1, -0.05) is 24.3 Å². The molecule has 0 saturated heterocycles. The molecule has 0 aromatic rings. The summed E-state index contributed by atoms with van der Waals surface area (Å²) >= 11 is 0. The van der Waals surface area contributed by atoms with Gasteiger partial charge in [-0.15, -0.1) is 0 Å². The summed E-state index contributed by atoms with van der Waals surface area (Å²) in [5.74, 6) is -2.91. The molecule has 1 unspecified atom stereocenters. The predicted molar refractivity (Wildman–Crippen MR) is 67.5 cm³/mol. The molecule has 0 amide bonds. The number of hydrogen-bond acceptors (Lipinski definition) is 6. The quantitative estimate of drug-likeness (QED) is 0.203. The lowest BCUT2D eigenvalue weighted by Crippen LogP contribution is -2.46. The number of hydrazine groups is 2. The van der Waals surface area contributed by atoms with Crippen LogP contribution in [0.2, 0.25) is 0 Å². The number of nitro groups is 2. The van der Waals surface area contributed by atoms with Crippen LogP contribution in [0.3, 0.4) is 0 Å². The maximum atomic E-state index is 10.5. The molecule has 0 radical (unpaired) electrons. The molecule has 0 fully saturated rings. The minimum atomic E-state index is -1.35. The average molecular weight is 270 g/mol. The molecule has 19 heavy (non-hydrogen) atoms. The van der Waals surface area contributed by atoms with E-state index >= 15 is 0 Å². The van der Waals surface area contributed by atoms with Gasteiger partial charge in [-0.05, 0) is 13.3 Å². The second kappa shape index (κ2) is 7.53. The van der Waals surface area contributed by atoms with Crippen LogP contribution in [-0.2, 0) is 0 Å². The van der Waals surface area contributed by atoms with E-state index in [1.54, 1.807) is 19.1 Å². The van der Waals surface area contributed by atoms with Crippen molar-refractivity contribution in [3.63, 3.8) is 0 Å². The van der Waals surface area contributed by atoms with Crippen molar-refractivity contribution in [3.8, 4) is 0 Å². The van der Waals surface area contributed by atoms with Crippen LogP contribution in [0.25, 0.3) is 0 Å². The summed E-state index contributed by atoms with van der Waals surface area (Å²) in [6.45, 7) is 1.79. The van der Waals surface area contributed by atoms with Gasteiger partial charge in [0.05, 0.1) is 0 Å². The zero-order chi connectivity index (χ0) is 15.0. The van der Waals surface area contributed by atoms with Crippen molar-refractivity contribution < 1.29 is 10.1 Å². The van der Waals surface area contributed by atoms with E-state index in [4.69, 9.17) is 16.6 Å². The zero-order valence-corrected chi connectivity index (χ0v) is 10.1. The van der Waals surface area contributed by atoms with E-state index in [-0.39, 0.29) is 0 Å². The van der Waals surface area contributed by atoms with Gasteiger partial charge in [-0.3, -0.25) is 10.8 Å². The lowest BCUT2D eigenvalue weighted by atomic mass is 10.1. The molecular formula is C9H14N6O4. The Balaban J connectivity index is 5.12. The molecular weight excluding hydrogens is 256 g/mol. The van der Waals surface area contributed by atoms with Crippen molar-refractivity contribution >= 4 is 11.7 Å². The molecule has 0 aromatic heterocycles. The first kappa shape index (κ1) is 16.2. The number of amidine groups is 2. The SMILES string of the molecule is C/C=C/C/C=C/C(C(=N)N)C(=N)N([N+](=O)[O-])[N+](=O)[O-]. The Morgan fingerprint density at radius 1 is 1.32 bits per heavy atom. The fourth-order valence-corrected chi connectivity index (χ4v) is 1.13. The molecule has 104 valence electrons. The minimum absolute atomic E-state index is 0.463. The first-order valence-electron chi connectivity index (χ1n) is 5.11. The molecule has 4 N–H and O–H groups in total. The largest absolute Gasteiger partial charge is 0.387 e. The van der Waals surface area contributed by atoms with Crippen LogP contribution in [0.4, 0.5) is 0 Å². The molecule has 0 rings (SSSR count). The highest BCUT2D eigenvalue weighted by Crippen LogP contribution is 2.07. The number of allylic oxidation sites excluding steroid dienone is 3. The first-order valence-corrected chi connectivity index (χ1v) is 5.11. The summed E-state index contributed by atoms with van der Waals surface area (Å²) < 4.78 is 0. The van der Waals surface area contributed by atoms with Crippen LogP contribution < -0.4 is 5.73 Å².